The van der Waals surface area contributed by atoms with Gasteiger partial charge in [0.15, 0.2) is 0 Å². The minimum atomic E-state index is -0.209. The Hall–Kier alpha value is -2.63. The van der Waals surface area contributed by atoms with Crippen LogP contribution in [-0.2, 0) is 10.2 Å². The molecule has 2 aliphatic heterocycles. The van der Waals surface area contributed by atoms with Gasteiger partial charge < -0.3 is 10.0 Å². The van der Waals surface area contributed by atoms with Crippen LogP contribution in [0.25, 0.3) is 6.08 Å². The summed E-state index contributed by atoms with van der Waals surface area (Å²) in [6.45, 7) is 1.58. The van der Waals surface area contributed by atoms with Gasteiger partial charge in [0, 0.05) is 24.5 Å². The minimum absolute atomic E-state index is 0.0790. The highest BCUT2D eigenvalue weighted by Crippen LogP contribution is 2.43. The summed E-state index contributed by atoms with van der Waals surface area (Å²) in [5, 5.41) is 9.46. The van der Waals surface area contributed by atoms with E-state index in [2.05, 4.69) is 47.3 Å². The topological polar surface area (TPSA) is 64.6 Å². The molecule has 2 saturated heterocycles. The van der Waals surface area contributed by atoms with Gasteiger partial charge in [0.25, 0.3) is 0 Å². The highest BCUT2D eigenvalue weighted by molar-refractivity contribution is 5.82. The van der Waals surface area contributed by atoms with E-state index >= 15 is 0 Å². The lowest BCUT2D eigenvalue weighted by Crippen LogP contribution is -2.50. The number of nitrogens with zero attached hydrogens (tertiary/aromatic N) is 1. The smallest absolute Gasteiger partial charge is 0.241 e. The normalized spacial score (nSPS) is 25.2. The number of hydrazine groups is 1. The lowest BCUT2D eigenvalue weighted by Gasteiger charge is -2.40. The van der Waals surface area contributed by atoms with Gasteiger partial charge in [0.1, 0.15) is 11.8 Å². The molecule has 2 atom stereocenters. The summed E-state index contributed by atoms with van der Waals surface area (Å²) >= 11 is 0. The Bertz CT molecular complexity index is 914. The third-order valence-corrected chi connectivity index (χ3v) is 6.54. The fourth-order valence-electron chi connectivity index (χ4n) is 4.86. The van der Waals surface area contributed by atoms with Gasteiger partial charge in [-0.2, -0.15) is 0 Å². The monoisotopic (exact) mass is 375 g/mol. The maximum atomic E-state index is 13.0. The van der Waals surface area contributed by atoms with Crippen LogP contribution >= 0.6 is 0 Å². The first kappa shape index (κ1) is 17.5. The van der Waals surface area contributed by atoms with E-state index in [0.717, 1.165) is 31.5 Å². The number of hydrogen-bond donors (Lipinski definition) is 3. The molecule has 3 N–H and O–H groups in total. The van der Waals surface area contributed by atoms with Gasteiger partial charge in [0.05, 0.1) is 0 Å². The molecule has 2 unspecified atom stereocenters. The number of aromatic hydroxyl groups is 1. The number of carbonyl (C=O) groups is 1. The molecule has 2 heterocycles. The quantitative estimate of drug-likeness (QED) is 0.755. The number of phenols is 1. The lowest BCUT2D eigenvalue weighted by molar-refractivity contribution is -0.134. The molecule has 144 valence electrons. The highest BCUT2D eigenvalue weighted by Gasteiger charge is 2.41. The molecule has 1 amide bonds. The van der Waals surface area contributed by atoms with E-state index in [1.54, 1.807) is 12.1 Å². The van der Waals surface area contributed by atoms with Gasteiger partial charge in [-0.05, 0) is 48.1 Å². The second-order valence-electron chi connectivity index (χ2n) is 8.12. The van der Waals surface area contributed by atoms with Crippen LogP contribution in [0.5, 0.6) is 5.75 Å². The molecule has 0 radical (unpaired) electrons. The third-order valence-electron chi connectivity index (χ3n) is 6.54. The lowest BCUT2D eigenvalue weighted by atomic mass is 9.74. The van der Waals surface area contributed by atoms with Gasteiger partial charge in [-0.15, -0.1) is 0 Å². The van der Waals surface area contributed by atoms with Crippen LogP contribution in [0.1, 0.15) is 42.0 Å². The van der Waals surface area contributed by atoms with E-state index in [9.17, 15) is 9.90 Å². The molecule has 3 aliphatic rings. The Kier molecular flexibility index (Phi) is 4.22. The van der Waals surface area contributed by atoms with Gasteiger partial charge >= 0.3 is 0 Å². The standard InChI is InChI=1S/C23H25N3O2/c27-18-7-5-17(6-8-18)20-15-21(25-24-20)22(28)26-13-11-23(12-14-26)10-9-16-3-1-2-4-19(16)23/h1-10,20-21,24-25,27H,11-15H2. The molecule has 0 bridgehead atoms. The summed E-state index contributed by atoms with van der Waals surface area (Å²) in [6, 6.07) is 15.6. The average Bonchev–Trinajstić information content (AvgIpc) is 3.35. The molecule has 0 saturated carbocycles. The summed E-state index contributed by atoms with van der Waals surface area (Å²) < 4.78 is 0. The molecule has 2 aromatic rings. The number of likely N-dealkylation sites (tertiary alicyclic amines) is 1. The van der Waals surface area contributed by atoms with Crippen LogP contribution in [0.4, 0.5) is 0 Å². The van der Waals surface area contributed by atoms with Gasteiger partial charge in [-0.25, -0.2) is 10.9 Å². The van der Waals surface area contributed by atoms with Crippen molar-refractivity contribution in [3.63, 3.8) is 0 Å². The van der Waals surface area contributed by atoms with Crippen molar-refractivity contribution in [1.82, 2.24) is 15.8 Å². The Morgan fingerprint density at radius 2 is 1.79 bits per heavy atom. The van der Waals surface area contributed by atoms with Crippen molar-refractivity contribution in [2.45, 2.75) is 36.8 Å². The zero-order valence-electron chi connectivity index (χ0n) is 15.8. The van der Waals surface area contributed by atoms with Crippen LogP contribution in [0.2, 0.25) is 0 Å². The molecule has 2 fully saturated rings. The number of hydrogen-bond acceptors (Lipinski definition) is 4. The number of benzene rings is 2. The average molecular weight is 375 g/mol. The van der Waals surface area contributed by atoms with E-state index in [-0.39, 0.29) is 29.2 Å². The Morgan fingerprint density at radius 1 is 1.04 bits per heavy atom. The first-order valence-corrected chi connectivity index (χ1v) is 10.0. The van der Waals surface area contributed by atoms with Crippen molar-refractivity contribution in [3.05, 3.63) is 71.3 Å². The maximum absolute atomic E-state index is 13.0. The number of rotatable bonds is 2. The highest BCUT2D eigenvalue weighted by atomic mass is 16.3. The Morgan fingerprint density at radius 3 is 2.57 bits per heavy atom. The molecule has 28 heavy (non-hydrogen) atoms. The predicted molar refractivity (Wildman–Crippen MR) is 108 cm³/mol. The molecule has 2 aromatic carbocycles. The van der Waals surface area contributed by atoms with Crippen molar-refractivity contribution in [3.8, 4) is 5.75 Å². The van der Waals surface area contributed by atoms with Crippen LogP contribution in [0.15, 0.2) is 54.6 Å². The summed E-state index contributed by atoms with van der Waals surface area (Å²) in [7, 11) is 0. The van der Waals surface area contributed by atoms with E-state index in [1.165, 1.54) is 11.1 Å². The van der Waals surface area contributed by atoms with Crippen LogP contribution in [0, 0.1) is 0 Å². The molecule has 0 aromatic heterocycles. The number of carbonyl (C=O) groups excluding carboxylic acids is 1. The SMILES string of the molecule is O=C(C1CC(c2ccc(O)cc2)NN1)N1CCC2(C=Cc3ccccc32)CC1. The van der Waals surface area contributed by atoms with Crippen molar-refractivity contribution in [2.75, 3.05) is 13.1 Å². The van der Waals surface area contributed by atoms with Crippen LogP contribution in [-0.4, -0.2) is 35.0 Å². The van der Waals surface area contributed by atoms with Gasteiger partial charge in [0.2, 0.25) is 5.91 Å². The number of amides is 1. The van der Waals surface area contributed by atoms with Crippen LogP contribution < -0.4 is 10.9 Å². The second kappa shape index (κ2) is 6.76. The largest absolute Gasteiger partial charge is 0.508 e. The van der Waals surface area contributed by atoms with Crippen molar-refractivity contribution < 1.29 is 9.90 Å². The zero-order chi connectivity index (χ0) is 19.1. The first-order valence-electron chi connectivity index (χ1n) is 10.0. The Balaban J connectivity index is 1.22. The maximum Gasteiger partial charge on any atom is 0.241 e. The molecule has 1 aliphatic carbocycles. The number of nitrogens with one attached hydrogen (secondary N) is 2. The zero-order valence-corrected chi connectivity index (χ0v) is 15.8. The van der Waals surface area contributed by atoms with Crippen molar-refractivity contribution >= 4 is 12.0 Å². The fraction of sp³-hybridized carbons (Fsp3) is 0.348. The molecular formula is C23H25N3O2. The molecular weight excluding hydrogens is 350 g/mol. The van der Waals surface area contributed by atoms with Gasteiger partial charge in [-0.1, -0.05) is 48.6 Å². The van der Waals surface area contributed by atoms with Crippen LogP contribution in [0.3, 0.4) is 0 Å². The second-order valence-corrected chi connectivity index (χ2v) is 8.12. The van der Waals surface area contributed by atoms with Crippen molar-refractivity contribution in [1.29, 1.82) is 0 Å². The summed E-state index contributed by atoms with van der Waals surface area (Å²) in [5.41, 5.74) is 10.3. The predicted octanol–water partition coefficient (Wildman–Crippen LogP) is 2.89. The summed E-state index contributed by atoms with van der Waals surface area (Å²) in [4.78, 5) is 15.1. The number of fused-ring (bicyclic) bond motifs is 2. The third kappa shape index (κ3) is 2.91. The molecule has 5 rings (SSSR count). The van der Waals surface area contributed by atoms with E-state index in [4.69, 9.17) is 0 Å². The Labute approximate surface area is 165 Å². The number of allylic oxidation sites excluding steroid dienone is 1. The van der Waals surface area contributed by atoms with Crippen molar-refractivity contribution in [2.24, 2.45) is 0 Å². The van der Waals surface area contributed by atoms with E-state index in [0.29, 0.717) is 6.42 Å². The fourth-order valence-corrected chi connectivity index (χ4v) is 4.86. The number of phenolic OH excluding ortho intramolecular Hbond substituents is 1. The number of piperidine rings is 1. The van der Waals surface area contributed by atoms with E-state index in [1.807, 2.05) is 17.0 Å². The molecule has 5 nitrogen and oxygen atoms in total. The minimum Gasteiger partial charge on any atom is -0.508 e. The first-order chi connectivity index (χ1) is 13.6. The molecule has 1 spiro atoms. The summed E-state index contributed by atoms with van der Waals surface area (Å²) in [6.07, 6.45) is 7.25. The van der Waals surface area contributed by atoms with Gasteiger partial charge in [-0.3, -0.25) is 4.79 Å². The molecule has 5 heteroatoms. The summed E-state index contributed by atoms with van der Waals surface area (Å²) in [5.74, 6) is 0.436. The van der Waals surface area contributed by atoms with E-state index < -0.39 is 0 Å².